The summed E-state index contributed by atoms with van der Waals surface area (Å²) < 4.78 is 1.64. The molecule has 32 heavy (non-hydrogen) atoms. The second-order valence-corrected chi connectivity index (χ2v) is 8.06. The van der Waals surface area contributed by atoms with E-state index in [9.17, 15) is 19.7 Å². The summed E-state index contributed by atoms with van der Waals surface area (Å²) in [5.74, 6) is -0.872. The molecule has 1 heterocycles. The third kappa shape index (κ3) is 5.30. The van der Waals surface area contributed by atoms with Crippen molar-refractivity contribution in [3.05, 3.63) is 70.0 Å². The maximum Gasteiger partial charge on any atom is 0.284 e. The highest BCUT2D eigenvalue weighted by Crippen LogP contribution is 2.34. The molecule has 11 heteroatoms. The summed E-state index contributed by atoms with van der Waals surface area (Å²) in [5.41, 5.74) is 0.494. The molecule has 0 fully saturated rings. The highest BCUT2D eigenvalue weighted by atomic mass is 32.2. The molecule has 0 spiro atoms. The first kappa shape index (κ1) is 22.9. The minimum Gasteiger partial charge on any atom is -0.350 e. The summed E-state index contributed by atoms with van der Waals surface area (Å²) in [6.45, 7) is 3.84. The number of aromatic nitrogens is 3. The number of nitrogens with zero attached hydrogens (tertiary/aromatic N) is 4. The molecule has 0 saturated carbocycles. The fourth-order valence-electron chi connectivity index (χ4n) is 2.74. The summed E-state index contributed by atoms with van der Waals surface area (Å²) in [4.78, 5) is 36.8. The fraction of sp³-hybridized carbons (Fsp3) is 0.238. The third-order valence-electron chi connectivity index (χ3n) is 4.70. The minimum absolute atomic E-state index is 0.0205. The van der Waals surface area contributed by atoms with Crippen molar-refractivity contribution in [1.82, 2.24) is 20.1 Å². The fourth-order valence-corrected chi connectivity index (χ4v) is 3.59. The number of amides is 2. The smallest absolute Gasteiger partial charge is 0.284 e. The SMILES string of the molecule is CCC(C)NC(=O)c1ccccc1NC(=O)c1ccc(Sc2nncn2C)c([N+](=O)[O-])c1. The van der Waals surface area contributed by atoms with E-state index in [1.54, 1.807) is 35.9 Å². The van der Waals surface area contributed by atoms with E-state index in [2.05, 4.69) is 20.8 Å². The van der Waals surface area contributed by atoms with Crippen molar-refractivity contribution < 1.29 is 14.5 Å². The van der Waals surface area contributed by atoms with Crippen molar-refractivity contribution >= 4 is 35.0 Å². The molecule has 0 bridgehead atoms. The zero-order valence-corrected chi connectivity index (χ0v) is 18.5. The van der Waals surface area contributed by atoms with Crippen LogP contribution in [0.15, 0.2) is 58.8 Å². The Morgan fingerprint density at radius 1 is 1.22 bits per heavy atom. The summed E-state index contributed by atoms with van der Waals surface area (Å²) in [6, 6.07) is 10.8. The van der Waals surface area contributed by atoms with Gasteiger partial charge < -0.3 is 15.2 Å². The van der Waals surface area contributed by atoms with E-state index in [0.29, 0.717) is 21.3 Å². The standard InChI is InChI=1S/C21H22N6O4S/c1-4-13(2)23-20(29)15-7-5-6-8-16(15)24-19(28)14-9-10-18(17(11-14)27(30)31)32-21-25-22-12-26(21)3/h5-13H,4H2,1-3H3,(H,23,29)(H,24,28). The van der Waals surface area contributed by atoms with E-state index in [0.717, 1.165) is 18.2 Å². The number of nitro groups is 1. The van der Waals surface area contributed by atoms with Crippen LogP contribution in [0, 0.1) is 10.1 Å². The highest BCUT2D eigenvalue weighted by Gasteiger charge is 2.21. The number of nitrogens with one attached hydrogen (secondary N) is 2. The van der Waals surface area contributed by atoms with Crippen LogP contribution < -0.4 is 10.6 Å². The largest absolute Gasteiger partial charge is 0.350 e. The molecule has 1 unspecified atom stereocenters. The lowest BCUT2D eigenvalue weighted by atomic mass is 10.1. The van der Waals surface area contributed by atoms with Gasteiger partial charge in [0.05, 0.1) is 21.1 Å². The number of carbonyl (C=O) groups excluding carboxylic acids is 2. The van der Waals surface area contributed by atoms with Gasteiger partial charge in [0.15, 0.2) is 5.16 Å². The maximum atomic E-state index is 12.8. The Balaban J connectivity index is 1.84. The Bertz CT molecular complexity index is 1160. The van der Waals surface area contributed by atoms with Gasteiger partial charge >= 0.3 is 0 Å². The molecule has 3 rings (SSSR count). The van der Waals surface area contributed by atoms with E-state index in [1.165, 1.54) is 24.5 Å². The second kappa shape index (κ2) is 10.1. The molecule has 1 atom stereocenters. The molecule has 10 nitrogen and oxygen atoms in total. The number of rotatable bonds is 8. The van der Waals surface area contributed by atoms with Gasteiger partial charge in [0.2, 0.25) is 0 Å². The van der Waals surface area contributed by atoms with E-state index in [-0.39, 0.29) is 23.2 Å². The van der Waals surface area contributed by atoms with Crippen molar-refractivity contribution in [3.8, 4) is 0 Å². The number of aryl methyl sites for hydroxylation is 1. The molecule has 1 aromatic heterocycles. The lowest BCUT2D eigenvalue weighted by Crippen LogP contribution is -2.32. The average Bonchev–Trinajstić information content (AvgIpc) is 3.18. The Morgan fingerprint density at radius 3 is 2.62 bits per heavy atom. The Kier molecular flexibility index (Phi) is 7.21. The van der Waals surface area contributed by atoms with Crippen LogP contribution in [0.1, 0.15) is 41.0 Å². The zero-order chi connectivity index (χ0) is 23.3. The molecule has 0 radical (unpaired) electrons. The molecule has 0 aliphatic rings. The van der Waals surface area contributed by atoms with Crippen LogP contribution >= 0.6 is 11.8 Å². The number of para-hydroxylation sites is 1. The van der Waals surface area contributed by atoms with Crippen LogP contribution in [0.4, 0.5) is 11.4 Å². The molecular formula is C21H22N6O4S. The first-order valence-corrected chi connectivity index (χ1v) is 10.6. The molecule has 3 aromatic rings. The average molecular weight is 455 g/mol. The van der Waals surface area contributed by atoms with Crippen molar-refractivity contribution in [1.29, 1.82) is 0 Å². The van der Waals surface area contributed by atoms with Crippen LogP contribution in [0.5, 0.6) is 0 Å². The molecule has 0 aliphatic heterocycles. The predicted molar refractivity (Wildman–Crippen MR) is 120 cm³/mol. The number of hydrogen-bond acceptors (Lipinski definition) is 7. The van der Waals surface area contributed by atoms with Gasteiger partial charge in [-0.05, 0) is 49.4 Å². The normalized spacial score (nSPS) is 11.6. The highest BCUT2D eigenvalue weighted by molar-refractivity contribution is 7.99. The monoisotopic (exact) mass is 454 g/mol. The van der Waals surface area contributed by atoms with Gasteiger partial charge in [0, 0.05) is 24.7 Å². The topological polar surface area (TPSA) is 132 Å². The molecule has 0 saturated heterocycles. The summed E-state index contributed by atoms with van der Waals surface area (Å²) in [6.07, 6.45) is 2.26. The van der Waals surface area contributed by atoms with E-state index < -0.39 is 10.8 Å². The number of benzene rings is 2. The first-order valence-electron chi connectivity index (χ1n) is 9.81. The Labute approximate surface area is 188 Å². The van der Waals surface area contributed by atoms with Gasteiger partial charge in [-0.3, -0.25) is 19.7 Å². The van der Waals surface area contributed by atoms with Gasteiger partial charge in [-0.25, -0.2) is 0 Å². The first-order chi connectivity index (χ1) is 15.3. The van der Waals surface area contributed by atoms with Gasteiger partial charge in [0.1, 0.15) is 6.33 Å². The minimum atomic E-state index is -0.563. The number of anilines is 1. The van der Waals surface area contributed by atoms with Crippen LogP contribution in [0.3, 0.4) is 0 Å². The van der Waals surface area contributed by atoms with E-state index >= 15 is 0 Å². The quantitative estimate of drug-likeness (QED) is 0.392. The molecular weight excluding hydrogens is 432 g/mol. The molecule has 2 amide bonds. The summed E-state index contributed by atoms with van der Waals surface area (Å²) in [7, 11) is 1.73. The molecule has 166 valence electrons. The van der Waals surface area contributed by atoms with Crippen molar-refractivity contribution in [2.24, 2.45) is 7.05 Å². The second-order valence-electron chi connectivity index (χ2n) is 7.05. The van der Waals surface area contributed by atoms with Crippen LogP contribution in [0.25, 0.3) is 0 Å². The Hall–Kier alpha value is -3.73. The Morgan fingerprint density at radius 2 is 1.97 bits per heavy atom. The zero-order valence-electron chi connectivity index (χ0n) is 17.7. The predicted octanol–water partition coefficient (Wildman–Crippen LogP) is 3.66. The molecule has 0 aliphatic carbocycles. The lowest BCUT2D eigenvalue weighted by Gasteiger charge is -2.14. The van der Waals surface area contributed by atoms with Crippen molar-refractivity contribution in [2.75, 3.05) is 5.32 Å². The van der Waals surface area contributed by atoms with Gasteiger partial charge in [-0.15, -0.1) is 10.2 Å². The van der Waals surface area contributed by atoms with Crippen LogP contribution in [-0.4, -0.2) is 37.5 Å². The van der Waals surface area contributed by atoms with E-state index in [4.69, 9.17) is 0 Å². The van der Waals surface area contributed by atoms with Gasteiger partial charge in [-0.1, -0.05) is 19.1 Å². The summed E-state index contributed by atoms with van der Waals surface area (Å²) in [5, 5.41) is 25.3. The van der Waals surface area contributed by atoms with Crippen molar-refractivity contribution in [2.45, 2.75) is 36.4 Å². The van der Waals surface area contributed by atoms with Gasteiger partial charge in [0.25, 0.3) is 17.5 Å². The van der Waals surface area contributed by atoms with Crippen LogP contribution in [0.2, 0.25) is 0 Å². The van der Waals surface area contributed by atoms with E-state index in [1.807, 2.05) is 13.8 Å². The number of carbonyl (C=O) groups is 2. The third-order valence-corrected chi connectivity index (χ3v) is 5.82. The van der Waals surface area contributed by atoms with Crippen molar-refractivity contribution in [3.63, 3.8) is 0 Å². The van der Waals surface area contributed by atoms with Gasteiger partial charge in [-0.2, -0.15) is 0 Å². The molecule has 2 N–H and O–H groups in total. The molecule has 2 aromatic carbocycles. The lowest BCUT2D eigenvalue weighted by molar-refractivity contribution is -0.387. The number of hydrogen-bond donors (Lipinski definition) is 2. The van der Waals surface area contributed by atoms with Crippen LogP contribution in [-0.2, 0) is 7.05 Å². The maximum absolute atomic E-state index is 12.8. The summed E-state index contributed by atoms with van der Waals surface area (Å²) >= 11 is 1.08. The number of nitro benzene ring substituents is 1.